The molecule has 0 spiro atoms. The third-order valence-electron chi connectivity index (χ3n) is 4.16. The SMILES string of the molecule is CO[C@H]1O[C@H]2CO[C@H](c3ccccc3)O[C@@H]2[C@@H](OS(C)(=O)=O)[C@@H]1OS(C)(=O)=O. The van der Waals surface area contributed by atoms with E-state index in [1.165, 1.54) is 7.11 Å². The average molecular weight is 438 g/mol. The van der Waals surface area contributed by atoms with E-state index in [4.69, 9.17) is 27.3 Å². The van der Waals surface area contributed by atoms with Crippen molar-refractivity contribution in [3.63, 3.8) is 0 Å². The molecule has 2 fully saturated rings. The molecule has 0 aromatic heterocycles. The van der Waals surface area contributed by atoms with Crippen LogP contribution in [0, 0.1) is 0 Å². The van der Waals surface area contributed by atoms with Gasteiger partial charge in [0, 0.05) is 12.7 Å². The molecule has 12 heteroatoms. The summed E-state index contributed by atoms with van der Waals surface area (Å²) in [6.45, 7) is 0.0549. The molecule has 10 nitrogen and oxygen atoms in total. The zero-order valence-electron chi connectivity index (χ0n) is 15.5. The van der Waals surface area contributed by atoms with Crippen molar-refractivity contribution in [3.05, 3.63) is 35.9 Å². The molecule has 28 heavy (non-hydrogen) atoms. The maximum Gasteiger partial charge on any atom is 0.264 e. The highest BCUT2D eigenvalue weighted by atomic mass is 32.2. The van der Waals surface area contributed by atoms with Crippen molar-refractivity contribution in [3.8, 4) is 0 Å². The number of hydrogen-bond donors (Lipinski definition) is 0. The van der Waals surface area contributed by atoms with Gasteiger partial charge in [0.15, 0.2) is 18.7 Å². The third kappa shape index (κ3) is 5.27. The molecule has 158 valence electrons. The van der Waals surface area contributed by atoms with Crippen molar-refractivity contribution >= 4 is 20.2 Å². The van der Waals surface area contributed by atoms with E-state index < -0.39 is 57.2 Å². The topological polar surface area (TPSA) is 124 Å². The molecule has 2 aliphatic rings. The van der Waals surface area contributed by atoms with Gasteiger partial charge in [-0.15, -0.1) is 0 Å². The van der Waals surface area contributed by atoms with Crippen LogP contribution in [0.5, 0.6) is 0 Å². The number of ether oxygens (including phenoxy) is 4. The Labute approximate surface area is 163 Å². The van der Waals surface area contributed by atoms with Gasteiger partial charge in [0.05, 0.1) is 19.1 Å². The Bertz CT molecular complexity index is 870. The molecule has 0 unspecified atom stereocenters. The fraction of sp³-hybridized carbons (Fsp3) is 0.625. The van der Waals surface area contributed by atoms with Gasteiger partial charge in [-0.2, -0.15) is 16.8 Å². The van der Waals surface area contributed by atoms with Gasteiger partial charge in [-0.25, -0.2) is 0 Å². The molecule has 0 aliphatic carbocycles. The molecule has 2 heterocycles. The van der Waals surface area contributed by atoms with Crippen molar-refractivity contribution in [1.82, 2.24) is 0 Å². The predicted molar refractivity (Wildman–Crippen MR) is 95.1 cm³/mol. The molecule has 0 N–H and O–H groups in total. The Kier molecular flexibility index (Phi) is 6.41. The first-order valence-corrected chi connectivity index (χ1v) is 12.0. The molecule has 2 aliphatic heterocycles. The summed E-state index contributed by atoms with van der Waals surface area (Å²) in [4.78, 5) is 0. The highest BCUT2D eigenvalue weighted by Crippen LogP contribution is 2.37. The average Bonchev–Trinajstić information content (AvgIpc) is 2.61. The van der Waals surface area contributed by atoms with Gasteiger partial charge in [-0.05, 0) is 0 Å². The molecule has 1 aromatic carbocycles. The molecule has 0 radical (unpaired) electrons. The van der Waals surface area contributed by atoms with Crippen LogP contribution in [0.3, 0.4) is 0 Å². The Morgan fingerprint density at radius 3 is 2.11 bits per heavy atom. The van der Waals surface area contributed by atoms with Crippen LogP contribution in [-0.4, -0.2) is 73.8 Å². The molecular weight excluding hydrogens is 416 g/mol. The van der Waals surface area contributed by atoms with Gasteiger partial charge in [0.25, 0.3) is 20.2 Å². The van der Waals surface area contributed by atoms with E-state index in [0.717, 1.165) is 12.5 Å². The first-order chi connectivity index (χ1) is 13.1. The fourth-order valence-electron chi connectivity index (χ4n) is 3.13. The normalized spacial score (nSPS) is 34.0. The quantitative estimate of drug-likeness (QED) is 0.567. The minimum absolute atomic E-state index is 0.0549. The van der Waals surface area contributed by atoms with Gasteiger partial charge in [-0.3, -0.25) is 8.37 Å². The van der Waals surface area contributed by atoms with Crippen molar-refractivity contribution in [1.29, 1.82) is 0 Å². The van der Waals surface area contributed by atoms with E-state index in [0.29, 0.717) is 5.56 Å². The first kappa shape index (κ1) is 21.6. The Morgan fingerprint density at radius 1 is 0.929 bits per heavy atom. The summed E-state index contributed by atoms with van der Waals surface area (Å²) in [5, 5.41) is 0. The van der Waals surface area contributed by atoms with Crippen LogP contribution < -0.4 is 0 Å². The summed E-state index contributed by atoms with van der Waals surface area (Å²) in [6, 6.07) is 8.99. The first-order valence-electron chi connectivity index (χ1n) is 8.34. The molecule has 0 amide bonds. The van der Waals surface area contributed by atoms with Crippen LogP contribution >= 0.6 is 0 Å². The standard InChI is InChI=1S/C16H22O10S2/c1-21-16-14(26-28(3,19)20)13(25-27(2,17)18)12-11(23-16)9-22-15(24-12)10-7-5-4-6-8-10/h4-8,11-16H,9H2,1-3H3/t11-,12-,13+,14-,15-,16-/m0/s1. The minimum Gasteiger partial charge on any atom is -0.353 e. The van der Waals surface area contributed by atoms with Crippen LogP contribution in [-0.2, 0) is 47.5 Å². The molecule has 2 saturated heterocycles. The van der Waals surface area contributed by atoms with Crippen LogP contribution in [0.15, 0.2) is 30.3 Å². The largest absolute Gasteiger partial charge is 0.353 e. The summed E-state index contributed by atoms with van der Waals surface area (Å²) in [5.41, 5.74) is 0.702. The van der Waals surface area contributed by atoms with Gasteiger partial charge in [0.1, 0.15) is 18.3 Å². The highest BCUT2D eigenvalue weighted by molar-refractivity contribution is 7.86. The Balaban J connectivity index is 1.93. The number of methoxy groups -OCH3 is 1. The van der Waals surface area contributed by atoms with Gasteiger partial charge < -0.3 is 18.9 Å². The fourth-order valence-corrected chi connectivity index (χ4v) is 4.36. The van der Waals surface area contributed by atoms with Gasteiger partial charge in [0.2, 0.25) is 0 Å². The van der Waals surface area contributed by atoms with Crippen molar-refractivity contribution in [2.24, 2.45) is 0 Å². The van der Waals surface area contributed by atoms with Crippen molar-refractivity contribution in [2.75, 3.05) is 26.2 Å². The van der Waals surface area contributed by atoms with Crippen LogP contribution in [0.1, 0.15) is 11.9 Å². The van der Waals surface area contributed by atoms with Gasteiger partial charge in [-0.1, -0.05) is 30.3 Å². The Morgan fingerprint density at radius 2 is 1.54 bits per heavy atom. The summed E-state index contributed by atoms with van der Waals surface area (Å²) in [5.74, 6) is 0. The molecule has 1 aromatic rings. The smallest absolute Gasteiger partial charge is 0.264 e. The highest BCUT2D eigenvalue weighted by Gasteiger charge is 2.54. The van der Waals surface area contributed by atoms with Crippen LogP contribution in [0.25, 0.3) is 0 Å². The number of fused-ring (bicyclic) bond motifs is 1. The molecular formula is C16H22O10S2. The second-order valence-corrected chi connectivity index (χ2v) is 9.69. The van der Waals surface area contributed by atoms with Gasteiger partial charge >= 0.3 is 0 Å². The van der Waals surface area contributed by atoms with E-state index in [1.54, 1.807) is 24.3 Å². The lowest BCUT2D eigenvalue weighted by Crippen LogP contribution is -2.64. The van der Waals surface area contributed by atoms with E-state index in [1.807, 2.05) is 6.07 Å². The molecule has 0 saturated carbocycles. The summed E-state index contributed by atoms with van der Waals surface area (Å²) in [6.07, 6.45) is -4.79. The maximum absolute atomic E-state index is 11.8. The van der Waals surface area contributed by atoms with E-state index in [2.05, 4.69) is 0 Å². The third-order valence-corrected chi connectivity index (χ3v) is 5.30. The molecule has 0 bridgehead atoms. The van der Waals surface area contributed by atoms with Crippen molar-refractivity contribution < 1.29 is 44.1 Å². The summed E-state index contributed by atoms with van der Waals surface area (Å²) >= 11 is 0. The summed E-state index contributed by atoms with van der Waals surface area (Å²) < 4.78 is 79.7. The number of hydrogen-bond acceptors (Lipinski definition) is 10. The zero-order chi connectivity index (χ0) is 20.5. The number of benzene rings is 1. The Hall–Kier alpha value is -1.12. The van der Waals surface area contributed by atoms with E-state index >= 15 is 0 Å². The minimum atomic E-state index is -3.98. The lowest BCUT2D eigenvalue weighted by Gasteiger charge is -2.47. The van der Waals surface area contributed by atoms with E-state index in [9.17, 15) is 16.8 Å². The lowest BCUT2D eigenvalue weighted by molar-refractivity contribution is -0.351. The van der Waals surface area contributed by atoms with Crippen LogP contribution in [0.4, 0.5) is 0 Å². The predicted octanol–water partition coefficient (Wildman–Crippen LogP) is 0.162. The van der Waals surface area contributed by atoms with Crippen LogP contribution in [0.2, 0.25) is 0 Å². The molecule has 6 atom stereocenters. The maximum atomic E-state index is 11.8. The molecule has 3 rings (SSSR count). The second kappa shape index (κ2) is 8.32. The second-order valence-electron chi connectivity index (χ2n) is 6.49. The lowest BCUT2D eigenvalue weighted by atomic mass is 9.98. The number of rotatable bonds is 6. The monoisotopic (exact) mass is 438 g/mol. The summed E-state index contributed by atoms with van der Waals surface area (Å²) in [7, 11) is -6.69. The zero-order valence-corrected chi connectivity index (χ0v) is 17.1. The van der Waals surface area contributed by atoms with E-state index in [-0.39, 0.29) is 6.61 Å². The van der Waals surface area contributed by atoms with Crippen molar-refractivity contribution in [2.45, 2.75) is 37.0 Å².